The Kier molecular flexibility index (Phi) is 6.63. The molecule has 0 spiro atoms. The summed E-state index contributed by atoms with van der Waals surface area (Å²) in [4.78, 5) is 0. The van der Waals surface area contributed by atoms with Crippen molar-refractivity contribution in [3.63, 3.8) is 0 Å². The molecule has 1 nitrogen and oxygen atoms in total. The quantitative estimate of drug-likeness (QED) is 0.577. The molecule has 0 aromatic heterocycles. The fraction of sp³-hybridized carbons (Fsp3) is 1.00. The molecule has 0 rings (SSSR count). The van der Waals surface area contributed by atoms with Gasteiger partial charge in [0.1, 0.15) is 0 Å². The molecule has 0 bridgehead atoms. The largest absolute Gasteiger partial charge is 0.384 e. The van der Waals surface area contributed by atoms with E-state index in [9.17, 15) is 0 Å². The van der Waals surface area contributed by atoms with Crippen LogP contribution in [0.15, 0.2) is 0 Å². The molecule has 0 saturated heterocycles. The molecule has 0 saturated carbocycles. The van der Waals surface area contributed by atoms with Gasteiger partial charge in [0.25, 0.3) is 0 Å². The lowest BCUT2D eigenvalue weighted by Gasteiger charge is -2.21. The second-order valence-electron chi connectivity index (χ2n) is 3.39. The fourth-order valence-corrected chi connectivity index (χ4v) is 1.66. The predicted octanol–water partition coefficient (Wildman–Crippen LogP) is 3.10. The number of rotatable bonds is 6. The van der Waals surface area contributed by atoms with Crippen LogP contribution in [-0.4, -0.2) is 13.7 Å². The lowest BCUT2D eigenvalue weighted by molar-refractivity contribution is 0.124. The van der Waals surface area contributed by atoms with Crippen molar-refractivity contribution in [1.29, 1.82) is 0 Å². The van der Waals surface area contributed by atoms with Gasteiger partial charge in [-0.1, -0.05) is 40.0 Å². The molecule has 68 valence electrons. The standard InChI is InChI=1S/C10H22O/c1-5-7-10(6-2)9(3)8-11-4/h9-10H,5-8H2,1-4H3/t9?,10-/m0/s1. The summed E-state index contributed by atoms with van der Waals surface area (Å²) in [7, 11) is 1.79. The topological polar surface area (TPSA) is 9.23 Å². The van der Waals surface area contributed by atoms with Crippen LogP contribution >= 0.6 is 0 Å². The Morgan fingerprint density at radius 3 is 2.27 bits per heavy atom. The highest BCUT2D eigenvalue weighted by molar-refractivity contribution is 4.63. The summed E-state index contributed by atoms with van der Waals surface area (Å²) in [6, 6.07) is 0. The zero-order valence-electron chi connectivity index (χ0n) is 8.39. The van der Waals surface area contributed by atoms with Crippen LogP contribution in [0.4, 0.5) is 0 Å². The normalized spacial score (nSPS) is 16.4. The van der Waals surface area contributed by atoms with Crippen molar-refractivity contribution >= 4 is 0 Å². The minimum Gasteiger partial charge on any atom is -0.384 e. The summed E-state index contributed by atoms with van der Waals surface area (Å²) in [5.41, 5.74) is 0. The number of methoxy groups -OCH3 is 1. The fourth-order valence-electron chi connectivity index (χ4n) is 1.66. The molecule has 0 radical (unpaired) electrons. The Hall–Kier alpha value is -0.0400. The number of hydrogen-bond donors (Lipinski definition) is 0. The summed E-state index contributed by atoms with van der Waals surface area (Å²) in [5, 5.41) is 0. The van der Waals surface area contributed by atoms with Crippen LogP contribution in [0, 0.1) is 11.8 Å². The second-order valence-corrected chi connectivity index (χ2v) is 3.39. The van der Waals surface area contributed by atoms with Crippen molar-refractivity contribution in [1.82, 2.24) is 0 Å². The van der Waals surface area contributed by atoms with Gasteiger partial charge in [0.05, 0.1) is 0 Å². The third-order valence-electron chi connectivity index (χ3n) is 2.42. The molecule has 0 aromatic carbocycles. The van der Waals surface area contributed by atoms with Gasteiger partial charge in [0.2, 0.25) is 0 Å². The van der Waals surface area contributed by atoms with Crippen molar-refractivity contribution in [2.24, 2.45) is 11.8 Å². The van der Waals surface area contributed by atoms with Crippen LogP contribution in [0.1, 0.15) is 40.0 Å². The summed E-state index contributed by atoms with van der Waals surface area (Å²) in [6.45, 7) is 7.72. The van der Waals surface area contributed by atoms with Crippen LogP contribution in [0.2, 0.25) is 0 Å². The Morgan fingerprint density at radius 1 is 1.27 bits per heavy atom. The average molecular weight is 158 g/mol. The Morgan fingerprint density at radius 2 is 1.91 bits per heavy atom. The molecule has 0 aliphatic heterocycles. The van der Waals surface area contributed by atoms with E-state index in [4.69, 9.17) is 4.74 Å². The van der Waals surface area contributed by atoms with Crippen LogP contribution in [0.3, 0.4) is 0 Å². The SMILES string of the molecule is CCC[C@H](CC)C(C)COC. The molecule has 0 aliphatic carbocycles. The molecule has 0 fully saturated rings. The smallest absolute Gasteiger partial charge is 0.0490 e. The van der Waals surface area contributed by atoms with E-state index in [1.165, 1.54) is 19.3 Å². The van der Waals surface area contributed by atoms with Crippen LogP contribution in [0.5, 0.6) is 0 Å². The van der Waals surface area contributed by atoms with E-state index in [2.05, 4.69) is 20.8 Å². The van der Waals surface area contributed by atoms with Gasteiger partial charge in [-0.05, 0) is 11.8 Å². The summed E-state index contributed by atoms with van der Waals surface area (Å²) in [5.74, 6) is 1.59. The minimum absolute atomic E-state index is 0.727. The Bertz CT molecular complexity index is 80.9. The van der Waals surface area contributed by atoms with Crippen LogP contribution in [-0.2, 0) is 4.74 Å². The number of ether oxygens (including phenoxy) is 1. The van der Waals surface area contributed by atoms with Gasteiger partial charge in [0, 0.05) is 13.7 Å². The molecule has 0 N–H and O–H groups in total. The van der Waals surface area contributed by atoms with Crippen molar-refractivity contribution in [3.8, 4) is 0 Å². The van der Waals surface area contributed by atoms with Crippen molar-refractivity contribution < 1.29 is 4.74 Å². The van der Waals surface area contributed by atoms with Crippen molar-refractivity contribution in [2.45, 2.75) is 40.0 Å². The molecule has 0 aromatic rings. The third kappa shape index (κ3) is 4.41. The molecule has 11 heavy (non-hydrogen) atoms. The summed E-state index contributed by atoms with van der Waals surface area (Å²) < 4.78 is 5.13. The van der Waals surface area contributed by atoms with E-state index < -0.39 is 0 Å². The lowest BCUT2D eigenvalue weighted by Crippen LogP contribution is -2.15. The molecule has 2 atom stereocenters. The van der Waals surface area contributed by atoms with Gasteiger partial charge >= 0.3 is 0 Å². The highest BCUT2D eigenvalue weighted by Crippen LogP contribution is 2.20. The highest BCUT2D eigenvalue weighted by Gasteiger charge is 2.13. The Balaban J connectivity index is 3.61. The minimum atomic E-state index is 0.727. The zero-order valence-corrected chi connectivity index (χ0v) is 8.39. The van der Waals surface area contributed by atoms with Crippen molar-refractivity contribution in [3.05, 3.63) is 0 Å². The maximum absolute atomic E-state index is 5.13. The zero-order chi connectivity index (χ0) is 8.69. The molecule has 1 heteroatoms. The average Bonchev–Trinajstić information content (AvgIpc) is 2.00. The van der Waals surface area contributed by atoms with Gasteiger partial charge in [-0.25, -0.2) is 0 Å². The van der Waals surface area contributed by atoms with E-state index in [1.807, 2.05) is 0 Å². The molecule has 0 heterocycles. The maximum Gasteiger partial charge on any atom is 0.0490 e. The molecule has 1 unspecified atom stereocenters. The molecule has 0 aliphatic rings. The van der Waals surface area contributed by atoms with E-state index in [1.54, 1.807) is 7.11 Å². The van der Waals surface area contributed by atoms with Gasteiger partial charge < -0.3 is 4.74 Å². The first-order valence-corrected chi connectivity index (χ1v) is 4.75. The van der Waals surface area contributed by atoms with Crippen LogP contribution < -0.4 is 0 Å². The number of hydrogen-bond acceptors (Lipinski definition) is 1. The van der Waals surface area contributed by atoms with Gasteiger partial charge in [-0.3, -0.25) is 0 Å². The van der Waals surface area contributed by atoms with Gasteiger partial charge in [0.15, 0.2) is 0 Å². The van der Waals surface area contributed by atoms with E-state index >= 15 is 0 Å². The molecular formula is C10H22O. The van der Waals surface area contributed by atoms with E-state index in [-0.39, 0.29) is 0 Å². The predicted molar refractivity (Wildman–Crippen MR) is 49.7 cm³/mol. The summed E-state index contributed by atoms with van der Waals surface area (Å²) in [6.07, 6.45) is 3.94. The second kappa shape index (κ2) is 6.66. The Labute approximate surface area is 71.1 Å². The summed E-state index contributed by atoms with van der Waals surface area (Å²) >= 11 is 0. The van der Waals surface area contributed by atoms with Gasteiger partial charge in [-0.15, -0.1) is 0 Å². The van der Waals surface area contributed by atoms with Gasteiger partial charge in [-0.2, -0.15) is 0 Å². The highest BCUT2D eigenvalue weighted by atomic mass is 16.5. The third-order valence-corrected chi connectivity index (χ3v) is 2.42. The maximum atomic E-state index is 5.13. The van der Waals surface area contributed by atoms with E-state index in [0.717, 1.165) is 18.4 Å². The van der Waals surface area contributed by atoms with E-state index in [0.29, 0.717) is 0 Å². The molecule has 0 amide bonds. The monoisotopic (exact) mass is 158 g/mol. The first-order valence-electron chi connectivity index (χ1n) is 4.75. The first kappa shape index (κ1) is 11.0. The van der Waals surface area contributed by atoms with Crippen LogP contribution in [0.25, 0.3) is 0 Å². The van der Waals surface area contributed by atoms with Crippen molar-refractivity contribution in [2.75, 3.05) is 13.7 Å². The molecular weight excluding hydrogens is 136 g/mol. The first-order chi connectivity index (χ1) is 5.26. The lowest BCUT2D eigenvalue weighted by atomic mass is 9.88.